The zero-order chi connectivity index (χ0) is 13.7. The van der Waals surface area contributed by atoms with Crippen molar-refractivity contribution >= 4 is 6.29 Å². The molecule has 0 radical (unpaired) electrons. The van der Waals surface area contributed by atoms with Gasteiger partial charge in [-0.2, -0.15) is 0 Å². The van der Waals surface area contributed by atoms with Crippen molar-refractivity contribution in [2.24, 2.45) is 0 Å². The summed E-state index contributed by atoms with van der Waals surface area (Å²) in [5.41, 5.74) is 2.24. The van der Waals surface area contributed by atoms with E-state index in [-0.39, 0.29) is 0 Å². The Morgan fingerprint density at radius 2 is 2.16 bits per heavy atom. The SMILES string of the molecule is CCOc1cc(C=O)cc(-c2cnccc2OC)c1. The van der Waals surface area contributed by atoms with Gasteiger partial charge in [-0.15, -0.1) is 0 Å². The zero-order valence-electron chi connectivity index (χ0n) is 10.9. The van der Waals surface area contributed by atoms with Crippen molar-refractivity contribution in [1.29, 1.82) is 0 Å². The first-order valence-corrected chi connectivity index (χ1v) is 6.00. The zero-order valence-corrected chi connectivity index (χ0v) is 10.9. The number of rotatable bonds is 5. The average molecular weight is 257 g/mol. The Morgan fingerprint density at radius 3 is 2.84 bits per heavy atom. The van der Waals surface area contributed by atoms with Crippen LogP contribution in [0.4, 0.5) is 0 Å². The van der Waals surface area contributed by atoms with Crippen LogP contribution in [0.5, 0.6) is 11.5 Å². The Bertz CT molecular complexity index is 581. The van der Waals surface area contributed by atoms with Crippen molar-refractivity contribution in [2.45, 2.75) is 6.92 Å². The van der Waals surface area contributed by atoms with Crippen molar-refractivity contribution in [1.82, 2.24) is 4.98 Å². The van der Waals surface area contributed by atoms with Crippen LogP contribution in [-0.4, -0.2) is 25.0 Å². The van der Waals surface area contributed by atoms with Crippen molar-refractivity contribution < 1.29 is 14.3 Å². The molecule has 0 N–H and O–H groups in total. The lowest BCUT2D eigenvalue weighted by atomic mass is 10.0. The van der Waals surface area contributed by atoms with E-state index in [9.17, 15) is 4.79 Å². The molecule has 0 fully saturated rings. The van der Waals surface area contributed by atoms with Crippen LogP contribution >= 0.6 is 0 Å². The molecule has 0 aliphatic carbocycles. The van der Waals surface area contributed by atoms with E-state index in [0.717, 1.165) is 17.4 Å². The Balaban J connectivity index is 2.54. The summed E-state index contributed by atoms with van der Waals surface area (Å²) in [6, 6.07) is 7.15. The first-order valence-electron chi connectivity index (χ1n) is 6.00. The molecule has 1 heterocycles. The second-order valence-electron chi connectivity index (χ2n) is 3.92. The number of methoxy groups -OCH3 is 1. The first kappa shape index (κ1) is 13.1. The van der Waals surface area contributed by atoms with Crippen molar-refractivity contribution in [3.05, 3.63) is 42.2 Å². The van der Waals surface area contributed by atoms with E-state index in [4.69, 9.17) is 9.47 Å². The molecule has 2 rings (SSSR count). The summed E-state index contributed by atoms with van der Waals surface area (Å²) in [4.78, 5) is 15.1. The van der Waals surface area contributed by atoms with Crippen LogP contribution in [0.15, 0.2) is 36.7 Å². The predicted octanol–water partition coefficient (Wildman–Crippen LogP) is 2.97. The number of nitrogens with zero attached hydrogens (tertiary/aromatic N) is 1. The van der Waals surface area contributed by atoms with Gasteiger partial charge in [-0.3, -0.25) is 9.78 Å². The third-order valence-corrected chi connectivity index (χ3v) is 2.69. The highest BCUT2D eigenvalue weighted by atomic mass is 16.5. The molecule has 4 nitrogen and oxygen atoms in total. The summed E-state index contributed by atoms with van der Waals surface area (Å²) in [5, 5.41) is 0. The number of aromatic nitrogens is 1. The second-order valence-corrected chi connectivity index (χ2v) is 3.92. The largest absolute Gasteiger partial charge is 0.496 e. The lowest BCUT2D eigenvalue weighted by Gasteiger charge is -2.10. The van der Waals surface area contributed by atoms with Crippen molar-refractivity contribution in [3.8, 4) is 22.6 Å². The number of benzene rings is 1. The minimum atomic E-state index is 0.548. The van der Waals surface area contributed by atoms with Crippen LogP contribution in [0.1, 0.15) is 17.3 Å². The van der Waals surface area contributed by atoms with Crippen LogP contribution in [0, 0.1) is 0 Å². The van der Waals surface area contributed by atoms with Gasteiger partial charge in [-0.1, -0.05) is 0 Å². The van der Waals surface area contributed by atoms with E-state index >= 15 is 0 Å². The van der Waals surface area contributed by atoms with Gasteiger partial charge < -0.3 is 9.47 Å². The number of pyridine rings is 1. The van der Waals surface area contributed by atoms with E-state index in [2.05, 4.69) is 4.98 Å². The number of carbonyl (C=O) groups excluding carboxylic acids is 1. The Hall–Kier alpha value is -2.36. The van der Waals surface area contributed by atoms with Gasteiger partial charge >= 0.3 is 0 Å². The van der Waals surface area contributed by atoms with Gasteiger partial charge in [0, 0.05) is 23.5 Å². The Kier molecular flexibility index (Phi) is 4.13. The van der Waals surface area contributed by atoms with E-state index in [1.165, 1.54) is 0 Å². The number of carbonyl (C=O) groups is 1. The maximum Gasteiger partial charge on any atom is 0.150 e. The molecule has 1 aromatic heterocycles. The smallest absolute Gasteiger partial charge is 0.150 e. The maximum atomic E-state index is 11.0. The summed E-state index contributed by atoms with van der Waals surface area (Å²) in [7, 11) is 1.60. The monoisotopic (exact) mass is 257 g/mol. The molecule has 2 aromatic rings. The summed E-state index contributed by atoms with van der Waals surface area (Å²) >= 11 is 0. The van der Waals surface area contributed by atoms with Crippen molar-refractivity contribution in [3.63, 3.8) is 0 Å². The predicted molar refractivity (Wildman–Crippen MR) is 72.8 cm³/mol. The lowest BCUT2D eigenvalue weighted by Crippen LogP contribution is -1.95. The molecule has 98 valence electrons. The molecule has 0 bridgehead atoms. The molecule has 4 heteroatoms. The van der Waals surface area contributed by atoms with E-state index in [1.807, 2.05) is 13.0 Å². The molecule has 1 aromatic carbocycles. The topological polar surface area (TPSA) is 48.4 Å². The molecule has 19 heavy (non-hydrogen) atoms. The Morgan fingerprint density at radius 1 is 1.32 bits per heavy atom. The average Bonchev–Trinajstić information content (AvgIpc) is 2.47. The van der Waals surface area contributed by atoms with Gasteiger partial charge in [0.15, 0.2) is 0 Å². The summed E-state index contributed by atoms with van der Waals surface area (Å²) in [6.45, 7) is 2.45. The molecule has 0 saturated carbocycles. The molecule has 0 amide bonds. The summed E-state index contributed by atoms with van der Waals surface area (Å²) in [6.07, 6.45) is 4.17. The Labute approximate surface area is 112 Å². The minimum Gasteiger partial charge on any atom is -0.496 e. The van der Waals surface area contributed by atoms with Gasteiger partial charge in [0.2, 0.25) is 0 Å². The molecular weight excluding hydrogens is 242 g/mol. The number of hydrogen-bond donors (Lipinski definition) is 0. The molecule has 0 aliphatic rings. The molecule has 0 spiro atoms. The number of aldehydes is 1. The maximum absolute atomic E-state index is 11.0. The third kappa shape index (κ3) is 2.91. The quantitative estimate of drug-likeness (QED) is 0.773. The highest BCUT2D eigenvalue weighted by Gasteiger charge is 2.08. The second kappa shape index (κ2) is 6.00. The van der Waals surface area contributed by atoms with Gasteiger partial charge in [-0.05, 0) is 36.8 Å². The molecule has 0 atom stereocenters. The normalized spacial score (nSPS) is 10.0. The highest BCUT2D eigenvalue weighted by Crippen LogP contribution is 2.31. The fourth-order valence-corrected chi connectivity index (χ4v) is 1.87. The van der Waals surface area contributed by atoms with Crippen molar-refractivity contribution in [2.75, 3.05) is 13.7 Å². The van der Waals surface area contributed by atoms with Crippen LogP contribution in [0.25, 0.3) is 11.1 Å². The van der Waals surface area contributed by atoms with Crippen LogP contribution in [0.3, 0.4) is 0 Å². The number of hydrogen-bond acceptors (Lipinski definition) is 4. The summed E-state index contributed by atoms with van der Waals surface area (Å²) < 4.78 is 10.8. The molecule has 0 saturated heterocycles. The van der Waals surface area contributed by atoms with Crippen LogP contribution in [0.2, 0.25) is 0 Å². The fourth-order valence-electron chi connectivity index (χ4n) is 1.87. The molecule has 0 aliphatic heterocycles. The minimum absolute atomic E-state index is 0.548. The molecule has 0 unspecified atom stereocenters. The first-order chi connectivity index (χ1) is 9.28. The van der Waals surface area contributed by atoms with Gasteiger partial charge in [0.05, 0.1) is 13.7 Å². The van der Waals surface area contributed by atoms with E-state index in [1.54, 1.807) is 37.7 Å². The number of ether oxygens (including phenoxy) is 2. The fraction of sp³-hybridized carbons (Fsp3) is 0.200. The molecular formula is C15H15NO3. The van der Waals surface area contributed by atoms with Crippen LogP contribution in [-0.2, 0) is 0 Å². The van der Waals surface area contributed by atoms with Crippen LogP contribution < -0.4 is 9.47 Å². The summed E-state index contributed by atoms with van der Waals surface area (Å²) in [5.74, 6) is 1.37. The van der Waals surface area contributed by atoms with Gasteiger partial charge in [-0.25, -0.2) is 0 Å². The third-order valence-electron chi connectivity index (χ3n) is 2.69. The van der Waals surface area contributed by atoms with Gasteiger partial charge in [0.1, 0.15) is 17.8 Å². The van der Waals surface area contributed by atoms with Gasteiger partial charge in [0.25, 0.3) is 0 Å². The van der Waals surface area contributed by atoms with E-state index < -0.39 is 0 Å². The highest BCUT2D eigenvalue weighted by molar-refractivity contribution is 5.81. The lowest BCUT2D eigenvalue weighted by molar-refractivity contribution is 0.112. The van der Waals surface area contributed by atoms with E-state index in [0.29, 0.717) is 23.7 Å². The standard InChI is InChI=1S/C15H15NO3/c1-3-19-13-7-11(10-17)6-12(8-13)14-9-16-5-4-15(14)18-2/h4-10H,3H2,1-2H3.